The molecule has 1 unspecified atom stereocenters. The van der Waals surface area contributed by atoms with E-state index in [1.165, 1.54) is 30.3 Å². The summed E-state index contributed by atoms with van der Waals surface area (Å²) < 4.78 is 8.52. The molecule has 2 atom stereocenters. The molecule has 1 saturated heterocycles. The molecular formula is C28H32ClN5O2. The lowest BCUT2D eigenvalue weighted by molar-refractivity contribution is 0.0708. The van der Waals surface area contributed by atoms with Gasteiger partial charge in [0.1, 0.15) is 24.2 Å². The fraction of sp³-hybridized carbons (Fsp3) is 0.464. The number of halogens is 1. The molecule has 2 fully saturated rings. The van der Waals surface area contributed by atoms with Crippen molar-refractivity contribution >= 4 is 39.8 Å². The second-order valence-corrected chi connectivity index (χ2v) is 11.2. The van der Waals surface area contributed by atoms with Gasteiger partial charge in [-0.2, -0.15) is 0 Å². The first-order valence-corrected chi connectivity index (χ1v) is 13.6. The molecule has 7 nitrogen and oxygen atoms in total. The summed E-state index contributed by atoms with van der Waals surface area (Å²) in [5, 5.41) is 5.72. The Hall–Kier alpha value is -2.90. The van der Waals surface area contributed by atoms with E-state index in [9.17, 15) is 4.79 Å². The number of nitrogens with one attached hydrogen (secondary N) is 1. The van der Waals surface area contributed by atoms with Crippen LogP contribution >= 0.6 is 11.6 Å². The SMILES string of the molecule is NC1CCCN(C(=O)c2cc3c4c(c2)OCCN4[C@H](c2cc4cccc(Cl)c4n2CC2CCC2)N3)C1. The van der Waals surface area contributed by atoms with Crippen molar-refractivity contribution in [3.8, 4) is 5.75 Å². The number of aromatic nitrogens is 1. The first-order valence-electron chi connectivity index (χ1n) is 13.2. The molecule has 0 radical (unpaired) electrons. The third-order valence-corrected chi connectivity index (χ3v) is 8.70. The third kappa shape index (κ3) is 3.55. The van der Waals surface area contributed by atoms with Crippen LogP contribution in [-0.4, -0.2) is 47.7 Å². The van der Waals surface area contributed by atoms with Crippen LogP contribution in [0.5, 0.6) is 5.75 Å². The van der Waals surface area contributed by atoms with Crippen molar-refractivity contribution in [3.05, 3.63) is 52.7 Å². The molecule has 8 heteroatoms. The monoisotopic (exact) mass is 505 g/mol. The molecule has 1 saturated carbocycles. The number of fused-ring (bicyclic) bond motifs is 1. The van der Waals surface area contributed by atoms with Crippen LogP contribution in [0.2, 0.25) is 5.02 Å². The number of carbonyl (C=O) groups excluding carboxylic acids is 1. The maximum absolute atomic E-state index is 13.4. The molecule has 0 spiro atoms. The Labute approximate surface area is 216 Å². The topological polar surface area (TPSA) is 75.8 Å². The lowest BCUT2D eigenvalue weighted by Crippen LogP contribution is -2.45. The Morgan fingerprint density at radius 3 is 2.83 bits per heavy atom. The van der Waals surface area contributed by atoms with Crippen LogP contribution in [-0.2, 0) is 6.54 Å². The molecule has 1 aromatic heterocycles. The molecule has 4 heterocycles. The largest absolute Gasteiger partial charge is 0.489 e. The van der Waals surface area contributed by atoms with E-state index in [2.05, 4.69) is 26.9 Å². The van der Waals surface area contributed by atoms with Gasteiger partial charge >= 0.3 is 0 Å². The van der Waals surface area contributed by atoms with Gasteiger partial charge in [0.05, 0.1) is 28.5 Å². The fourth-order valence-corrected chi connectivity index (χ4v) is 6.65. The Balaban J connectivity index is 1.27. The molecule has 3 aromatic rings. The molecular weight excluding hydrogens is 474 g/mol. The number of likely N-dealkylation sites (tertiary alicyclic amines) is 1. The summed E-state index contributed by atoms with van der Waals surface area (Å²) in [5.74, 6) is 1.50. The number of amides is 1. The minimum absolute atomic E-state index is 0.0288. The molecule has 4 aliphatic rings. The van der Waals surface area contributed by atoms with Crippen molar-refractivity contribution in [1.82, 2.24) is 9.47 Å². The summed E-state index contributed by atoms with van der Waals surface area (Å²) in [7, 11) is 0. The van der Waals surface area contributed by atoms with E-state index in [-0.39, 0.29) is 18.1 Å². The number of benzene rings is 2. The van der Waals surface area contributed by atoms with Gasteiger partial charge < -0.3 is 30.2 Å². The van der Waals surface area contributed by atoms with Crippen LogP contribution in [0.1, 0.15) is 54.3 Å². The first kappa shape index (κ1) is 22.3. The Morgan fingerprint density at radius 1 is 1.14 bits per heavy atom. The third-order valence-electron chi connectivity index (χ3n) is 8.40. The van der Waals surface area contributed by atoms with Gasteiger partial charge in [0.2, 0.25) is 0 Å². The van der Waals surface area contributed by atoms with E-state index in [1.807, 2.05) is 29.2 Å². The maximum Gasteiger partial charge on any atom is 0.254 e. The first-order chi connectivity index (χ1) is 17.6. The zero-order chi connectivity index (χ0) is 24.4. The van der Waals surface area contributed by atoms with E-state index in [1.54, 1.807) is 0 Å². The summed E-state index contributed by atoms with van der Waals surface area (Å²) in [6.45, 7) is 3.71. The standard InChI is InChI=1S/C28H32ClN5O2/c29-21-8-2-6-18-13-23(34(25(18)21)15-17-4-1-5-17)27-31-22-12-19(14-24-26(22)33(27)10-11-36-24)28(35)32-9-3-7-20(30)16-32/h2,6,8,12-14,17,20,27,31H,1,3-5,7,9-11,15-16,30H2/t20?,27-/m1/s1. The van der Waals surface area contributed by atoms with Gasteiger partial charge in [0.15, 0.2) is 0 Å². The Bertz CT molecular complexity index is 1350. The Kier molecular flexibility index (Phi) is 5.33. The predicted octanol–water partition coefficient (Wildman–Crippen LogP) is 4.98. The van der Waals surface area contributed by atoms with Gasteiger partial charge in [0.25, 0.3) is 5.91 Å². The highest BCUT2D eigenvalue weighted by Crippen LogP contribution is 2.50. The number of nitrogens with zero attached hydrogens (tertiary/aromatic N) is 3. The van der Waals surface area contributed by atoms with Gasteiger partial charge in [-0.15, -0.1) is 0 Å². The summed E-state index contributed by atoms with van der Waals surface area (Å²) in [6.07, 6.45) is 5.73. The van der Waals surface area contributed by atoms with Crippen molar-refractivity contribution < 1.29 is 9.53 Å². The molecule has 0 bridgehead atoms. The van der Waals surface area contributed by atoms with Crippen LogP contribution in [0, 0.1) is 5.92 Å². The molecule has 7 rings (SSSR count). The fourth-order valence-electron chi connectivity index (χ4n) is 6.36. The smallest absolute Gasteiger partial charge is 0.254 e. The van der Waals surface area contributed by atoms with E-state index in [0.29, 0.717) is 24.6 Å². The molecule has 2 aromatic carbocycles. The van der Waals surface area contributed by atoms with Gasteiger partial charge in [0, 0.05) is 36.6 Å². The summed E-state index contributed by atoms with van der Waals surface area (Å²) in [6, 6.07) is 12.4. The number of carbonyl (C=O) groups is 1. The van der Waals surface area contributed by atoms with Crippen molar-refractivity contribution in [2.75, 3.05) is 36.5 Å². The van der Waals surface area contributed by atoms with E-state index in [0.717, 1.165) is 60.1 Å². The van der Waals surface area contributed by atoms with Gasteiger partial charge in [-0.05, 0) is 55.9 Å². The summed E-state index contributed by atoms with van der Waals surface area (Å²) in [5.41, 5.74) is 11.1. The molecule has 36 heavy (non-hydrogen) atoms. The number of piperidine rings is 1. The van der Waals surface area contributed by atoms with Crippen LogP contribution in [0.15, 0.2) is 36.4 Å². The van der Waals surface area contributed by atoms with Crippen molar-refractivity contribution in [1.29, 1.82) is 0 Å². The highest BCUT2D eigenvalue weighted by molar-refractivity contribution is 6.35. The van der Waals surface area contributed by atoms with Crippen LogP contribution < -0.4 is 20.7 Å². The predicted molar refractivity (Wildman–Crippen MR) is 143 cm³/mol. The zero-order valence-corrected chi connectivity index (χ0v) is 21.1. The van der Waals surface area contributed by atoms with Crippen LogP contribution in [0.25, 0.3) is 10.9 Å². The normalized spacial score (nSPS) is 23.3. The van der Waals surface area contributed by atoms with Gasteiger partial charge in [-0.3, -0.25) is 4.79 Å². The van der Waals surface area contributed by atoms with E-state index >= 15 is 0 Å². The number of hydrogen-bond donors (Lipinski definition) is 2. The van der Waals surface area contributed by atoms with Gasteiger partial charge in [-0.25, -0.2) is 0 Å². The highest BCUT2D eigenvalue weighted by Gasteiger charge is 2.39. The summed E-state index contributed by atoms with van der Waals surface area (Å²) >= 11 is 6.74. The number of nitrogens with two attached hydrogens (primary N) is 1. The second kappa shape index (κ2) is 8.60. The average Bonchev–Trinajstić information content (AvgIpc) is 3.41. The van der Waals surface area contributed by atoms with Gasteiger partial charge in [-0.1, -0.05) is 30.2 Å². The maximum atomic E-state index is 13.4. The highest BCUT2D eigenvalue weighted by atomic mass is 35.5. The van der Waals surface area contributed by atoms with E-state index in [4.69, 9.17) is 22.1 Å². The lowest BCUT2D eigenvalue weighted by atomic mass is 9.85. The average molecular weight is 506 g/mol. The molecule has 188 valence electrons. The van der Waals surface area contributed by atoms with Crippen LogP contribution in [0.3, 0.4) is 0 Å². The minimum Gasteiger partial charge on any atom is -0.489 e. The molecule has 3 N–H and O–H groups in total. The quantitative estimate of drug-likeness (QED) is 0.523. The van der Waals surface area contributed by atoms with Crippen molar-refractivity contribution in [2.45, 2.75) is 50.9 Å². The number of rotatable bonds is 4. The lowest BCUT2D eigenvalue weighted by Gasteiger charge is -2.34. The van der Waals surface area contributed by atoms with E-state index < -0.39 is 0 Å². The molecule has 1 aliphatic carbocycles. The van der Waals surface area contributed by atoms with Crippen molar-refractivity contribution in [2.24, 2.45) is 11.7 Å². The summed E-state index contributed by atoms with van der Waals surface area (Å²) in [4.78, 5) is 17.7. The zero-order valence-electron chi connectivity index (χ0n) is 20.4. The number of ether oxygens (including phenoxy) is 1. The minimum atomic E-state index is -0.0417. The second-order valence-electron chi connectivity index (χ2n) is 10.8. The van der Waals surface area contributed by atoms with Crippen LogP contribution in [0.4, 0.5) is 11.4 Å². The number of anilines is 2. The van der Waals surface area contributed by atoms with Crippen molar-refractivity contribution in [3.63, 3.8) is 0 Å². The number of para-hydroxylation sites is 1. The molecule has 3 aliphatic heterocycles. The Morgan fingerprint density at radius 2 is 2.03 bits per heavy atom. The number of hydrogen-bond acceptors (Lipinski definition) is 5. The molecule has 1 amide bonds.